The molecular weight excluding hydrogens is 377 g/mol. The molecule has 0 aromatic heterocycles. The summed E-state index contributed by atoms with van der Waals surface area (Å²) in [6.45, 7) is 12.7. The van der Waals surface area contributed by atoms with E-state index in [1.54, 1.807) is 34.6 Å². The highest BCUT2D eigenvalue weighted by Crippen LogP contribution is 2.37. The Balaban J connectivity index is 3.12. The van der Waals surface area contributed by atoms with Gasteiger partial charge in [0, 0.05) is 10.8 Å². The Labute approximate surface area is 164 Å². The minimum Gasteiger partial charge on any atom is -0.459 e. The first-order chi connectivity index (χ1) is 11.8. The Bertz CT molecular complexity index is 671. The molecule has 0 saturated carbocycles. The van der Waals surface area contributed by atoms with Crippen LogP contribution < -0.4 is 5.32 Å². The van der Waals surface area contributed by atoms with Crippen LogP contribution in [0.2, 0.25) is 5.02 Å². The first-order valence-electron chi connectivity index (χ1n) is 8.51. The van der Waals surface area contributed by atoms with Crippen molar-refractivity contribution in [2.45, 2.75) is 64.2 Å². The van der Waals surface area contributed by atoms with Crippen LogP contribution in [0.4, 0.5) is 10.1 Å². The monoisotopic (exact) mass is 403 g/mol. The predicted molar refractivity (Wildman–Crippen MR) is 105 cm³/mol. The summed E-state index contributed by atoms with van der Waals surface area (Å²) in [6.07, 6.45) is 0. The first kappa shape index (κ1) is 22.8. The van der Waals surface area contributed by atoms with E-state index in [4.69, 9.17) is 16.3 Å². The maximum Gasteiger partial charge on any atom is 0.320 e. The summed E-state index contributed by atoms with van der Waals surface area (Å²) in [5.74, 6) is -1.58. The summed E-state index contributed by atoms with van der Waals surface area (Å²) in [4.78, 5) is 24.9. The fourth-order valence-electron chi connectivity index (χ4n) is 1.95. The van der Waals surface area contributed by atoms with Gasteiger partial charge in [0.1, 0.15) is 16.7 Å². The number of benzene rings is 1. The van der Waals surface area contributed by atoms with Crippen LogP contribution in [-0.2, 0) is 14.3 Å². The lowest BCUT2D eigenvalue weighted by Crippen LogP contribution is -2.33. The smallest absolute Gasteiger partial charge is 0.320 e. The molecule has 0 aliphatic heterocycles. The molecule has 1 atom stereocenters. The van der Waals surface area contributed by atoms with Crippen molar-refractivity contribution in [3.63, 3.8) is 0 Å². The standard InChI is InChI=1S/C19H27ClFNO3S/c1-10(2)16(18(24)25-19(5,6)7)26-15-9-14(13(21)8-12(15)20)22-17(23)11(3)4/h8-11,16H,1-7H3,(H,22,23). The number of esters is 1. The van der Waals surface area contributed by atoms with Gasteiger partial charge in [-0.2, -0.15) is 0 Å². The number of hydrogen-bond donors (Lipinski definition) is 1. The van der Waals surface area contributed by atoms with Crippen molar-refractivity contribution >= 4 is 40.9 Å². The van der Waals surface area contributed by atoms with Gasteiger partial charge in [0.05, 0.1) is 10.7 Å². The molecule has 1 unspecified atom stereocenters. The van der Waals surface area contributed by atoms with Crippen LogP contribution in [0.25, 0.3) is 0 Å². The van der Waals surface area contributed by atoms with Gasteiger partial charge in [0.2, 0.25) is 5.91 Å². The largest absolute Gasteiger partial charge is 0.459 e. The number of carbonyl (C=O) groups is 2. The van der Waals surface area contributed by atoms with E-state index in [0.29, 0.717) is 4.90 Å². The van der Waals surface area contributed by atoms with Gasteiger partial charge in [-0.1, -0.05) is 39.3 Å². The summed E-state index contributed by atoms with van der Waals surface area (Å²) in [7, 11) is 0. The van der Waals surface area contributed by atoms with Gasteiger partial charge in [-0.3, -0.25) is 9.59 Å². The van der Waals surface area contributed by atoms with E-state index in [2.05, 4.69) is 5.32 Å². The molecule has 0 bridgehead atoms. The van der Waals surface area contributed by atoms with Gasteiger partial charge in [-0.25, -0.2) is 4.39 Å². The summed E-state index contributed by atoms with van der Waals surface area (Å²) in [5.41, 5.74) is -0.560. The van der Waals surface area contributed by atoms with Gasteiger partial charge in [0.15, 0.2) is 0 Å². The van der Waals surface area contributed by atoms with Crippen LogP contribution in [0.5, 0.6) is 0 Å². The highest BCUT2D eigenvalue weighted by Gasteiger charge is 2.30. The maximum atomic E-state index is 14.1. The Kier molecular flexibility index (Phi) is 7.96. The van der Waals surface area contributed by atoms with Crippen LogP contribution >= 0.6 is 23.4 Å². The van der Waals surface area contributed by atoms with Crippen LogP contribution in [0.3, 0.4) is 0 Å². The van der Waals surface area contributed by atoms with Crippen LogP contribution in [0.15, 0.2) is 17.0 Å². The van der Waals surface area contributed by atoms with Crippen molar-refractivity contribution in [2.24, 2.45) is 11.8 Å². The molecule has 1 rings (SSSR count). The molecule has 0 fully saturated rings. The maximum absolute atomic E-state index is 14.1. The molecule has 0 aliphatic carbocycles. The van der Waals surface area contributed by atoms with E-state index in [1.807, 2.05) is 13.8 Å². The third-order valence-corrected chi connectivity index (χ3v) is 5.31. The quantitative estimate of drug-likeness (QED) is 0.501. The zero-order chi connectivity index (χ0) is 20.2. The van der Waals surface area contributed by atoms with Crippen molar-refractivity contribution in [1.29, 1.82) is 0 Å². The van der Waals surface area contributed by atoms with E-state index in [1.165, 1.54) is 17.8 Å². The summed E-state index contributed by atoms with van der Waals surface area (Å²) < 4.78 is 19.6. The Hall–Kier alpha value is -1.27. The predicted octanol–water partition coefficient (Wildman–Crippen LogP) is 5.53. The highest BCUT2D eigenvalue weighted by molar-refractivity contribution is 8.00. The topological polar surface area (TPSA) is 55.4 Å². The lowest BCUT2D eigenvalue weighted by Gasteiger charge is -2.26. The second-order valence-corrected chi connectivity index (χ2v) is 9.31. The molecule has 1 amide bonds. The minimum atomic E-state index is -0.619. The Morgan fingerprint density at radius 3 is 2.23 bits per heavy atom. The van der Waals surface area contributed by atoms with E-state index in [-0.39, 0.29) is 34.4 Å². The van der Waals surface area contributed by atoms with Crippen molar-refractivity contribution in [3.8, 4) is 0 Å². The molecule has 0 spiro atoms. The van der Waals surface area contributed by atoms with Crippen LogP contribution in [0.1, 0.15) is 48.5 Å². The van der Waals surface area contributed by atoms with E-state index < -0.39 is 16.7 Å². The third kappa shape index (κ3) is 6.80. The van der Waals surface area contributed by atoms with Gasteiger partial charge < -0.3 is 10.1 Å². The molecule has 7 heteroatoms. The highest BCUT2D eigenvalue weighted by atomic mass is 35.5. The summed E-state index contributed by atoms with van der Waals surface area (Å²) >= 11 is 7.37. The lowest BCUT2D eigenvalue weighted by molar-refractivity contribution is -0.154. The zero-order valence-electron chi connectivity index (χ0n) is 16.3. The number of halogens is 2. The number of rotatable bonds is 6. The van der Waals surface area contributed by atoms with E-state index in [9.17, 15) is 14.0 Å². The van der Waals surface area contributed by atoms with Crippen molar-refractivity contribution < 1.29 is 18.7 Å². The lowest BCUT2D eigenvalue weighted by atomic mass is 10.1. The number of hydrogen-bond acceptors (Lipinski definition) is 4. The number of carbonyl (C=O) groups excluding carboxylic acids is 2. The van der Waals surface area contributed by atoms with Crippen molar-refractivity contribution in [2.75, 3.05) is 5.32 Å². The molecule has 1 N–H and O–H groups in total. The Morgan fingerprint density at radius 2 is 1.77 bits per heavy atom. The van der Waals surface area contributed by atoms with E-state index >= 15 is 0 Å². The number of nitrogens with one attached hydrogen (secondary N) is 1. The number of ether oxygens (including phenoxy) is 1. The zero-order valence-corrected chi connectivity index (χ0v) is 17.8. The van der Waals surface area contributed by atoms with Gasteiger partial charge in [-0.15, -0.1) is 11.8 Å². The first-order valence-corrected chi connectivity index (χ1v) is 9.77. The molecule has 0 heterocycles. The minimum absolute atomic E-state index is 0.0234. The fourth-order valence-corrected chi connectivity index (χ4v) is 3.28. The molecule has 146 valence electrons. The molecule has 1 aromatic rings. The Morgan fingerprint density at radius 1 is 1.19 bits per heavy atom. The molecule has 0 radical (unpaired) electrons. The van der Waals surface area contributed by atoms with Gasteiger partial charge in [0.25, 0.3) is 0 Å². The second-order valence-electron chi connectivity index (χ2n) is 7.72. The number of amides is 1. The number of anilines is 1. The molecule has 4 nitrogen and oxygen atoms in total. The molecule has 0 saturated heterocycles. The summed E-state index contributed by atoms with van der Waals surface area (Å²) in [6, 6.07) is 2.61. The van der Waals surface area contributed by atoms with Crippen molar-refractivity contribution in [1.82, 2.24) is 0 Å². The SMILES string of the molecule is CC(C)C(=O)Nc1cc(SC(C(=O)OC(C)(C)C)C(C)C)c(Cl)cc1F. The normalized spacial score (nSPS) is 13.0. The molecule has 1 aromatic carbocycles. The second kappa shape index (κ2) is 9.09. The van der Waals surface area contributed by atoms with E-state index in [0.717, 1.165) is 6.07 Å². The van der Waals surface area contributed by atoms with Crippen LogP contribution in [-0.4, -0.2) is 22.7 Å². The fraction of sp³-hybridized carbons (Fsp3) is 0.579. The third-order valence-electron chi connectivity index (χ3n) is 3.30. The van der Waals surface area contributed by atoms with Gasteiger partial charge in [-0.05, 0) is 38.8 Å². The summed E-state index contributed by atoms with van der Waals surface area (Å²) in [5, 5.41) is 2.22. The number of thioether (sulfide) groups is 1. The molecular formula is C19H27ClFNO3S. The average molecular weight is 404 g/mol. The van der Waals surface area contributed by atoms with Gasteiger partial charge >= 0.3 is 5.97 Å². The molecule has 26 heavy (non-hydrogen) atoms. The van der Waals surface area contributed by atoms with Crippen LogP contribution in [0, 0.1) is 17.7 Å². The van der Waals surface area contributed by atoms with Crippen molar-refractivity contribution in [3.05, 3.63) is 23.0 Å². The molecule has 0 aliphatic rings. The average Bonchev–Trinajstić information content (AvgIpc) is 2.46.